The largest absolute Gasteiger partial charge is 0.493 e. The molecule has 0 heterocycles. The fourth-order valence-corrected chi connectivity index (χ4v) is 2.93. The summed E-state index contributed by atoms with van der Waals surface area (Å²) in [4.78, 5) is 34.9. The van der Waals surface area contributed by atoms with Gasteiger partial charge in [0.2, 0.25) is 0 Å². The van der Waals surface area contributed by atoms with Gasteiger partial charge in [0, 0.05) is 12.1 Å². The SMILES string of the molecule is COc1cc(/C=N\NC(=O)[C@H](C)Oc2ccccc2[N+](=O)[O-])ccc1OC(=O)/C=C/c1ccccc1. The van der Waals surface area contributed by atoms with Gasteiger partial charge in [0.1, 0.15) is 0 Å². The Morgan fingerprint density at radius 2 is 1.69 bits per heavy atom. The van der Waals surface area contributed by atoms with Gasteiger partial charge in [0.15, 0.2) is 23.4 Å². The van der Waals surface area contributed by atoms with Crippen LogP contribution in [-0.2, 0) is 9.59 Å². The summed E-state index contributed by atoms with van der Waals surface area (Å²) in [5, 5.41) is 15.0. The molecule has 0 aromatic heterocycles. The summed E-state index contributed by atoms with van der Waals surface area (Å²) in [5.74, 6) is -0.694. The maximum atomic E-state index is 12.3. The van der Waals surface area contributed by atoms with Crippen LogP contribution >= 0.6 is 0 Å². The van der Waals surface area contributed by atoms with Crippen LogP contribution in [0, 0.1) is 10.1 Å². The molecule has 1 N–H and O–H groups in total. The number of para-hydroxylation sites is 2. The molecule has 0 saturated carbocycles. The number of carbonyl (C=O) groups excluding carboxylic acids is 2. The van der Waals surface area contributed by atoms with E-state index in [1.54, 1.807) is 24.3 Å². The van der Waals surface area contributed by atoms with Gasteiger partial charge < -0.3 is 14.2 Å². The predicted molar refractivity (Wildman–Crippen MR) is 133 cm³/mol. The average Bonchev–Trinajstić information content (AvgIpc) is 2.89. The summed E-state index contributed by atoms with van der Waals surface area (Å²) in [6.07, 6.45) is 3.27. The molecule has 0 spiro atoms. The highest BCUT2D eigenvalue weighted by atomic mass is 16.6. The molecule has 0 aliphatic heterocycles. The van der Waals surface area contributed by atoms with Crippen LogP contribution in [0.2, 0.25) is 0 Å². The molecule has 0 unspecified atom stereocenters. The number of esters is 1. The third-order valence-corrected chi connectivity index (χ3v) is 4.73. The number of nitro benzene ring substituents is 1. The molecule has 0 aliphatic rings. The fraction of sp³-hybridized carbons (Fsp3) is 0.115. The number of nitrogens with zero attached hydrogens (tertiary/aromatic N) is 2. The van der Waals surface area contributed by atoms with E-state index in [9.17, 15) is 19.7 Å². The second-order valence-electron chi connectivity index (χ2n) is 7.29. The van der Waals surface area contributed by atoms with Gasteiger partial charge in [-0.25, -0.2) is 10.2 Å². The Hall–Kier alpha value is -4.99. The van der Waals surface area contributed by atoms with E-state index >= 15 is 0 Å². The summed E-state index contributed by atoms with van der Waals surface area (Å²) in [6, 6.07) is 19.8. The molecule has 10 heteroatoms. The number of carbonyl (C=O) groups is 2. The zero-order valence-corrected chi connectivity index (χ0v) is 19.5. The molecule has 3 rings (SSSR count). The van der Waals surface area contributed by atoms with Crippen LogP contribution in [0.4, 0.5) is 5.69 Å². The quantitative estimate of drug-likeness (QED) is 0.113. The Morgan fingerprint density at radius 1 is 0.972 bits per heavy atom. The maximum absolute atomic E-state index is 12.3. The van der Waals surface area contributed by atoms with Crippen LogP contribution in [0.25, 0.3) is 6.08 Å². The lowest BCUT2D eigenvalue weighted by Crippen LogP contribution is -2.33. The smallest absolute Gasteiger partial charge is 0.336 e. The summed E-state index contributed by atoms with van der Waals surface area (Å²) in [5.41, 5.74) is 3.48. The number of nitrogens with one attached hydrogen (secondary N) is 1. The lowest BCUT2D eigenvalue weighted by Gasteiger charge is -2.12. The first kappa shape index (κ1) is 25.6. The van der Waals surface area contributed by atoms with Crippen molar-refractivity contribution in [2.24, 2.45) is 5.10 Å². The van der Waals surface area contributed by atoms with Gasteiger partial charge in [-0.05, 0) is 48.4 Å². The molecular weight excluding hydrogens is 466 g/mol. The number of hydrazone groups is 1. The monoisotopic (exact) mass is 489 g/mol. The van der Waals surface area contributed by atoms with Crippen LogP contribution in [0.5, 0.6) is 17.2 Å². The number of rotatable bonds is 10. The molecular formula is C26H23N3O7. The Balaban J connectivity index is 1.58. The van der Waals surface area contributed by atoms with Crippen LogP contribution in [0.15, 0.2) is 84.0 Å². The van der Waals surface area contributed by atoms with E-state index in [0.29, 0.717) is 11.3 Å². The van der Waals surface area contributed by atoms with Crippen molar-refractivity contribution in [1.29, 1.82) is 0 Å². The van der Waals surface area contributed by atoms with Crippen LogP contribution in [0.3, 0.4) is 0 Å². The zero-order valence-electron chi connectivity index (χ0n) is 19.5. The second-order valence-corrected chi connectivity index (χ2v) is 7.29. The Bertz CT molecular complexity index is 1290. The lowest BCUT2D eigenvalue weighted by molar-refractivity contribution is -0.386. The lowest BCUT2D eigenvalue weighted by atomic mass is 10.2. The van der Waals surface area contributed by atoms with Gasteiger partial charge in [-0.15, -0.1) is 0 Å². The molecule has 3 aromatic carbocycles. The fourth-order valence-electron chi connectivity index (χ4n) is 2.93. The molecule has 10 nitrogen and oxygen atoms in total. The summed E-state index contributed by atoms with van der Waals surface area (Å²) in [7, 11) is 1.43. The predicted octanol–water partition coefficient (Wildman–Crippen LogP) is 4.14. The van der Waals surface area contributed by atoms with E-state index in [1.807, 2.05) is 30.3 Å². The Kier molecular flexibility index (Phi) is 8.88. The molecule has 0 bridgehead atoms. The van der Waals surface area contributed by atoms with E-state index < -0.39 is 22.9 Å². The first-order valence-corrected chi connectivity index (χ1v) is 10.7. The Morgan fingerprint density at radius 3 is 2.42 bits per heavy atom. The first-order valence-electron chi connectivity index (χ1n) is 10.7. The van der Waals surface area contributed by atoms with E-state index in [-0.39, 0.29) is 17.2 Å². The number of nitro groups is 1. The van der Waals surface area contributed by atoms with Crippen LogP contribution < -0.4 is 19.6 Å². The van der Waals surface area contributed by atoms with Crippen molar-refractivity contribution in [3.8, 4) is 17.2 Å². The molecule has 0 fully saturated rings. The molecule has 184 valence electrons. The van der Waals surface area contributed by atoms with Crippen molar-refractivity contribution in [2.75, 3.05) is 7.11 Å². The topological polar surface area (TPSA) is 129 Å². The second kappa shape index (κ2) is 12.5. The van der Waals surface area contributed by atoms with E-state index in [2.05, 4.69) is 10.5 Å². The Labute approximate surface area is 207 Å². The minimum atomic E-state index is -1.04. The van der Waals surface area contributed by atoms with Gasteiger partial charge in [0.05, 0.1) is 18.2 Å². The van der Waals surface area contributed by atoms with Crippen LogP contribution in [0.1, 0.15) is 18.1 Å². The number of methoxy groups -OCH3 is 1. The van der Waals surface area contributed by atoms with Gasteiger partial charge in [-0.2, -0.15) is 5.10 Å². The number of amides is 1. The standard InChI is InChI=1S/C26H23N3O7/c1-18(35-22-11-7-6-10-21(22)29(32)33)26(31)28-27-17-20-12-14-23(24(16-20)34-2)36-25(30)15-13-19-8-4-3-5-9-19/h3-18H,1-2H3,(H,28,31)/b15-13+,27-17-/t18-/m0/s1. The minimum absolute atomic E-state index is 0.0254. The van der Waals surface area contributed by atoms with Gasteiger partial charge >= 0.3 is 11.7 Å². The van der Waals surface area contributed by atoms with Gasteiger partial charge in [-0.3, -0.25) is 14.9 Å². The molecule has 1 amide bonds. The highest BCUT2D eigenvalue weighted by Gasteiger charge is 2.20. The van der Waals surface area contributed by atoms with Crippen molar-refractivity contribution in [2.45, 2.75) is 13.0 Å². The number of benzene rings is 3. The summed E-state index contributed by atoms with van der Waals surface area (Å²) < 4.78 is 16.0. The van der Waals surface area contributed by atoms with E-state index in [1.165, 1.54) is 50.6 Å². The van der Waals surface area contributed by atoms with Crippen molar-refractivity contribution in [1.82, 2.24) is 5.43 Å². The molecule has 0 aliphatic carbocycles. The first-order chi connectivity index (χ1) is 17.4. The number of hydrogen-bond donors (Lipinski definition) is 1. The summed E-state index contributed by atoms with van der Waals surface area (Å²) in [6.45, 7) is 1.44. The van der Waals surface area contributed by atoms with Crippen molar-refractivity contribution in [3.63, 3.8) is 0 Å². The van der Waals surface area contributed by atoms with E-state index in [4.69, 9.17) is 14.2 Å². The molecule has 0 radical (unpaired) electrons. The van der Waals surface area contributed by atoms with Crippen molar-refractivity contribution >= 4 is 29.9 Å². The molecule has 1 atom stereocenters. The minimum Gasteiger partial charge on any atom is -0.493 e. The average molecular weight is 489 g/mol. The molecule has 36 heavy (non-hydrogen) atoms. The maximum Gasteiger partial charge on any atom is 0.336 e. The highest BCUT2D eigenvalue weighted by Crippen LogP contribution is 2.28. The zero-order chi connectivity index (χ0) is 25.9. The number of hydrogen-bond acceptors (Lipinski definition) is 8. The van der Waals surface area contributed by atoms with E-state index in [0.717, 1.165) is 5.56 Å². The third kappa shape index (κ3) is 7.26. The normalized spacial score (nSPS) is 11.7. The van der Waals surface area contributed by atoms with Gasteiger partial charge in [0.25, 0.3) is 5.91 Å². The van der Waals surface area contributed by atoms with Crippen molar-refractivity contribution < 1.29 is 28.7 Å². The summed E-state index contributed by atoms with van der Waals surface area (Å²) >= 11 is 0. The number of ether oxygens (including phenoxy) is 3. The molecule has 3 aromatic rings. The third-order valence-electron chi connectivity index (χ3n) is 4.73. The van der Waals surface area contributed by atoms with Crippen molar-refractivity contribution in [3.05, 3.63) is 100 Å². The van der Waals surface area contributed by atoms with Gasteiger partial charge in [-0.1, -0.05) is 42.5 Å². The highest BCUT2D eigenvalue weighted by molar-refractivity contribution is 5.89. The molecule has 0 saturated heterocycles. The van der Waals surface area contributed by atoms with Crippen LogP contribution in [-0.4, -0.2) is 36.2 Å².